The number of benzene rings is 1. The molecule has 0 saturated carbocycles. The first-order chi connectivity index (χ1) is 6.02. The summed E-state index contributed by atoms with van der Waals surface area (Å²) in [5.41, 5.74) is 2.43. The Kier molecular flexibility index (Phi) is 6.04. The summed E-state index contributed by atoms with van der Waals surface area (Å²) in [6, 6.07) is 6.33. The fourth-order valence-electron chi connectivity index (χ4n) is 1.15. The van der Waals surface area contributed by atoms with Crippen molar-refractivity contribution in [3.63, 3.8) is 0 Å². The Labute approximate surface area is 101 Å². The van der Waals surface area contributed by atoms with Crippen LogP contribution in [0.15, 0.2) is 18.2 Å². The third-order valence-corrected chi connectivity index (χ3v) is 4.21. The van der Waals surface area contributed by atoms with Gasteiger partial charge in [-0.1, -0.05) is 30.3 Å². The zero-order valence-electron chi connectivity index (χ0n) is 7.88. The number of nitrogens with zero attached hydrogens (tertiary/aromatic N) is 1. The molecule has 0 aromatic heterocycles. The maximum atomic E-state index is 6.08. The van der Waals surface area contributed by atoms with Crippen LogP contribution in [0.5, 0.6) is 0 Å². The Morgan fingerprint density at radius 3 is 2.36 bits per heavy atom. The van der Waals surface area contributed by atoms with Crippen molar-refractivity contribution >= 4 is 43.7 Å². The molecule has 0 bridgehead atoms. The van der Waals surface area contributed by atoms with Crippen molar-refractivity contribution in [2.75, 3.05) is 19.0 Å². The molecule has 14 heavy (non-hydrogen) atoms. The van der Waals surface area contributed by atoms with Crippen molar-refractivity contribution in [3.05, 3.63) is 23.8 Å². The minimum Gasteiger partial charge on any atom is -0.377 e. The molecule has 1 nitrogen and oxygen atoms in total. The van der Waals surface area contributed by atoms with Crippen LogP contribution in [0.3, 0.4) is 0 Å². The van der Waals surface area contributed by atoms with E-state index in [9.17, 15) is 0 Å². The van der Waals surface area contributed by atoms with E-state index in [-0.39, 0.29) is 7.43 Å². The van der Waals surface area contributed by atoms with Gasteiger partial charge in [0.2, 0.25) is 0 Å². The summed E-state index contributed by atoms with van der Waals surface area (Å²) in [5.74, 6) is -0.722. The quantitative estimate of drug-likeness (QED) is 0.737. The van der Waals surface area contributed by atoms with Gasteiger partial charge in [-0.15, -0.1) is 0 Å². The van der Waals surface area contributed by atoms with Crippen LogP contribution in [0, 0.1) is 6.92 Å². The van der Waals surface area contributed by atoms with Gasteiger partial charge in [-0.2, -0.15) is 0 Å². The number of halogens is 2. The van der Waals surface area contributed by atoms with Gasteiger partial charge in [0, 0.05) is 25.1 Å². The molecule has 0 fully saturated rings. The molecule has 1 unspecified atom stereocenters. The summed E-state index contributed by atoms with van der Waals surface area (Å²) >= 11 is 9.52. The second-order valence-electron chi connectivity index (χ2n) is 3.12. The van der Waals surface area contributed by atoms with Gasteiger partial charge in [0.15, 0.2) is 0 Å². The first-order valence-corrected chi connectivity index (χ1v) is 8.18. The summed E-state index contributed by atoms with van der Waals surface area (Å²) < 4.78 is 0. The van der Waals surface area contributed by atoms with Gasteiger partial charge >= 0.3 is 0 Å². The van der Waals surface area contributed by atoms with Gasteiger partial charge in [0.1, 0.15) is 0 Å². The highest BCUT2D eigenvalue weighted by Gasteiger charge is 2.10. The molecule has 1 aromatic carbocycles. The maximum Gasteiger partial charge on any atom is 0.0930 e. The van der Waals surface area contributed by atoms with Crippen molar-refractivity contribution in [2.45, 2.75) is 14.4 Å². The van der Waals surface area contributed by atoms with E-state index in [1.807, 2.05) is 14.1 Å². The summed E-state index contributed by atoms with van der Waals surface area (Å²) in [6.45, 7) is 2.08. The van der Waals surface area contributed by atoms with Crippen LogP contribution in [-0.4, -0.2) is 14.1 Å². The van der Waals surface area contributed by atoms with Gasteiger partial charge in [-0.25, -0.2) is 0 Å². The molecular formula is C10H16BrClNP. The molecule has 0 radical (unpaired) electrons. The fraction of sp³-hybridized carbons (Fsp3) is 0.400. The lowest BCUT2D eigenvalue weighted by Crippen LogP contribution is -2.16. The number of hydrogen-bond acceptors (Lipinski definition) is 1. The van der Waals surface area contributed by atoms with Crippen LogP contribution in [0.25, 0.3) is 0 Å². The Morgan fingerprint density at radius 2 is 1.93 bits per heavy atom. The molecule has 0 aliphatic rings. The van der Waals surface area contributed by atoms with E-state index < -0.39 is 5.98 Å². The monoisotopic (exact) mass is 295 g/mol. The molecule has 1 atom stereocenters. The first kappa shape index (κ1) is 14.2. The van der Waals surface area contributed by atoms with E-state index in [1.54, 1.807) is 0 Å². The summed E-state index contributed by atoms with van der Waals surface area (Å²) in [7, 11) is 4.05. The van der Waals surface area contributed by atoms with Crippen LogP contribution < -0.4 is 10.2 Å². The van der Waals surface area contributed by atoms with Crippen molar-refractivity contribution in [3.8, 4) is 0 Å². The third-order valence-electron chi connectivity index (χ3n) is 1.79. The topological polar surface area (TPSA) is 3.24 Å². The lowest BCUT2D eigenvalue weighted by Gasteiger charge is -2.18. The molecule has 80 valence electrons. The Bertz CT molecular complexity index is 302. The molecular weight excluding hydrogens is 280 g/mol. The molecule has 4 heteroatoms. The van der Waals surface area contributed by atoms with Crippen LogP contribution in [0.4, 0.5) is 5.69 Å². The van der Waals surface area contributed by atoms with Crippen LogP contribution in [0.1, 0.15) is 13.0 Å². The molecule has 1 rings (SSSR count). The largest absolute Gasteiger partial charge is 0.377 e. The lowest BCUT2D eigenvalue weighted by molar-refractivity contribution is 1.14. The van der Waals surface area contributed by atoms with Crippen molar-refractivity contribution < 1.29 is 0 Å². The highest BCUT2D eigenvalue weighted by atomic mass is 79.9. The summed E-state index contributed by atoms with van der Waals surface area (Å²) in [6.07, 6.45) is 0. The Balaban J connectivity index is 0.00000169. The number of rotatable bonds is 2. The van der Waals surface area contributed by atoms with Crippen molar-refractivity contribution in [2.24, 2.45) is 0 Å². The Hall–Kier alpha value is 0.220. The van der Waals surface area contributed by atoms with Crippen molar-refractivity contribution in [1.29, 1.82) is 0 Å². The van der Waals surface area contributed by atoms with E-state index in [1.165, 1.54) is 16.6 Å². The first-order valence-electron chi connectivity index (χ1n) is 3.92. The molecule has 1 aromatic rings. The normalized spacial score (nSPS) is 11.8. The maximum absolute atomic E-state index is 6.08. The van der Waals surface area contributed by atoms with Gasteiger partial charge < -0.3 is 4.90 Å². The van der Waals surface area contributed by atoms with Gasteiger partial charge in [-0.05, 0) is 34.5 Å². The molecule has 0 amide bonds. The zero-order valence-corrected chi connectivity index (χ0v) is 11.1. The van der Waals surface area contributed by atoms with E-state index in [0.29, 0.717) is 0 Å². The molecule has 0 N–H and O–H groups in total. The highest BCUT2D eigenvalue weighted by Crippen LogP contribution is 2.50. The van der Waals surface area contributed by atoms with Crippen LogP contribution in [-0.2, 0) is 0 Å². The predicted molar refractivity (Wildman–Crippen MR) is 73.6 cm³/mol. The third kappa shape index (κ3) is 3.42. The number of hydrogen-bond donors (Lipinski definition) is 0. The summed E-state index contributed by atoms with van der Waals surface area (Å²) in [4.78, 5) is 2.08. The standard InChI is InChI=1S/C9H12BrClNP.CH4/c1-7-4-5-8(12(2)3)9(6-7)13(10)11;/h4-6H,1-3H3;1H4. The molecule has 0 aliphatic heterocycles. The SMILES string of the molecule is C.Cc1ccc(N(C)C)c(P(Cl)Br)c1. The fourth-order valence-corrected chi connectivity index (χ4v) is 3.15. The van der Waals surface area contributed by atoms with E-state index in [0.717, 1.165) is 0 Å². The number of anilines is 1. The predicted octanol–water partition coefficient (Wildman–Crippen LogP) is 4.27. The Morgan fingerprint density at radius 1 is 1.36 bits per heavy atom. The van der Waals surface area contributed by atoms with Gasteiger partial charge in [0.25, 0.3) is 0 Å². The molecule has 0 spiro atoms. The molecule has 0 saturated heterocycles. The average molecular weight is 297 g/mol. The molecule has 0 heterocycles. The lowest BCUT2D eigenvalue weighted by atomic mass is 10.2. The van der Waals surface area contributed by atoms with Gasteiger partial charge in [0.05, 0.1) is 5.98 Å². The van der Waals surface area contributed by atoms with Crippen LogP contribution >= 0.6 is 32.7 Å². The average Bonchev–Trinajstić information content (AvgIpc) is 2.03. The minimum atomic E-state index is -0.722. The number of aryl methyl sites for hydroxylation is 1. The van der Waals surface area contributed by atoms with E-state index in [4.69, 9.17) is 11.2 Å². The smallest absolute Gasteiger partial charge is 0.0930 e. The summed E-state index contributed by atoms with van der Waals surface area (Å²) in [5, 5.41) is 1.18. The highest BCUT2D eigenvalue weighted by molar-refractivity contribution is 9.42. The second-order valence-corrected chi connectivity index (χ2v) is 8.43. The van der Waals surface area contributed by atoms with Gasteiger partial charge in [-0.3, -0.25) is 0 Å². The minimum absolute atomic E-state index is 0. The van der Waals surface area contributed by atoms with E-state index >= 15 is 0 Å². The second kappa shape index (κ2) is 5.95. The van der Waals surface area contributed by atoms with Crippen molar-refractivity contribution in [1.82, 2.24) is 0 Å². The molecule has 0 aliphatic carbocycles. The van der Waals surface area contributed by atoms with E-state index in [2.05, 4.69) is 45.5 Å². The zero-order chi connectivity index (χ0) is 10.0. The van der Waals surface area contributed by atoms with Crippen LogP contribution in [0.2, 0.25) is 0 Å².